The zero-order valence-corrected chi connectivity index (χ0v) is 14.7. The summed E-state index contributed by atoms with van der Waals surface area (Å²) in [6.07, 6.45) is 2.14. The largest absolute Gasteiger partial charge is 0.342 e. The second kappa shape index (κ2) is 5.77. The number of hydrogen-bond donors (Lipinski definition) is 1. The van der Waals surface area contributed by atoms with Crippen LogP contribution in [0.3, 0.4) is 0 Å². The standard InChI is InChI=1S/C24H22N2/c1-18-25-24(21-12-4-2-5-13-21,22-14-6-3-7-15-22)26(18)23-16-19-10-8-9-11-20(19)17-23/h2-15,23,25H,1,16-17H2. The van der Waals surface area contributed by atoms with E-state index in [9.17, 15) is 0 Å². The molecule has 3 aromatic carbocycles. The van der Waals surface area contributed by atoms with Gasteiger partial charge in [-0.3, -0.25) is 0 Å². The molecule has 1 heterocycles. The first kappa shape index (κ1) is 15.3. The Morgan fingerprint density at radius 1 is 0.731 bits per heavy atom. The molecule has 0 bridgehead atoms. The SMILES string of the molecule is C=C1NC(c2ccccc2)(c2ccccc2)N1C1Cc2ccccc2C1. The van der Waals surface area contributed by atoms with Crippen molar-refractivity contribution in [2.45, 2.75) is 24.5 Å². The molecule has 0 amide bonds. The van der Waals surface area contributed by atoms with E-state index < -0.39 is 0 Å². The number of nitrogens with zero attached hydrogens (tertiary/aromatic N) is 1. The quantitative estimate of drug-likeness (QED) is 0.760. The molecule has 26 heavy (non-hydrogen) atoms. The van der Waals surface area contributed by atoms with E-state index in [0.717, 1.165) is 18.7 Å². The summed E-state index contributed by atoms with van der Waals surface area (Å²) in [6, 6.07) is 30.7. The van der Waals surface area contributed by atoms with E-state index in [0.29, 0.717) is 6.04 Å². The Balaban J connectivity index is 1.61. The fourth-order valence-corrected chi connectivity index (χ4v) is 4.64. The molecule has 2 nitrogen and oxygen atoms in total. The molecule has 1 saturated heterocycles. The van der Waals surface area contributed by atoms with Crippen molar-refractivity contribution < 1.29 is 0 Å². The van der Waals surface area contributed by atoms with Gasteiger partial charge in [0.2, 0.25) is 0 Å². The summed E-state index contributed by atoms with van der Waals surface area (Å²) in [5.41, 5.74) is 5.11. The molecular weight excluding hydrogens is 316 g/mol. The maximum absolute atomic E-state index is 4.31. The second-order valence-electron chi connectivity index (χ2n) is 7.21. The van der Waals surface area contributed by atoms with Gasteiger partial charge in [-0.15, -0.1) is 0 Å². The number of benzene rings is 3. The molecule has 2 aliphatic rings. The Morgan fingerprint density at radius 2 is 1.19 bits per heavy atom. The van der Waals surface area contributed by atoms with Crippen molar-refractivity contribution in [1.29, 1.82) is 0 Å². The summed E-state index contributed by atoms with van der Waals surface area (Å²) in [4.78, 5) is 2.50. The predicted octanol–water partition coefficient (Wildman–Crippen LogP) is 4.43. The van der Waals surface area contributed by atoms with Gasteiger partial charge >= 0.3 is 0 Å². The Hall–Kier alpha value is -3.00. The lowest BCUT2D eigenvalue weighted by atomic mass is 9.84. The highest BCUT2D eigenvalue weighted by molar-refractivity contribution is 5.46. The van der Waals surface area contributed by atoms with Gasteiger partial charge in [0.05, 0.1) is 5.82 Å². The Labute approximate surface area is 154 Å². The summed E-state index contributed by atoms with van der Waals surface area (Å²) < 4.78 is 0. The minimum atomic E-state index is -0.341. The van der Waals surface area contributed by atoms with Gasteiger partial charge in [-0.25, -0.2) is 0 Å². The third kappa shape index (κ3) is 2.12. The van der Waals surface area contributed by atoms with Crippen LogP contribution >= 0.6 is 0 Å². The number of fused-ring (bicyclic) bond motifs is 1. The topological polar surface area (TPSA) is 15.3 Å². The van der Waals surface area contributed by atoms with Gasteiger partial charge < -0.3 is 10.2 Å². The Bertz CT molecular complexity index is 882. The van der Waals surface area contributed by atoms with Crippen molar-refractivity contribution in [3.63, 3.8) is 0 Å². The van der Waals surface area contributed by atoms with Crippen LogP contribution in [0.25, 0.3) is 0 Å². The van der Waals surface area contributed by atoms with Crippen LogP contribution in [0.4, 0.5) is 0 Å². The van der Waals surface area contributed by atoms with Crippen LogP contribution in [-0.2, 0) is 18.5 Å². The fourth-order valence-electron chi connectivity index (χ4n) is 4.64. The smallest absolute Gasteiger partial charge is 0.166 e. The maximum atomic E-state index is 4.31. The summed E-state index contributed by atoms with van der Waals surface area (Å²) in [5, 5.41) is 3.67. The van der Waals surface area contributed by atoms with Crippen molar-refractivity contribution in [2.75, 3.05) is 0 Å². The summed E-state index contributed by atoms with van der Waals surface area (Å²) >= 11 is 0. The number of nitrogens with one attached hydrogen (secondary N) is 1. The molecule has 1 aliphatic carbocycles. The van der Waals surface area contributed by atoms with Crippen LogP contribution in [0.5, 0.6) is 0 Å². The van der Waals surface area contributed by atoms with Crippen molar-refractivity contribution in [3.8, 4) is 0 Å². The van der Waals surface area contributed by atoms with Crippen molar-refractivity contribution in [2.24, 2.45) is 0 Å². The van der Waals surface area contributed by atoms with Gasteiger partial charge in [0.1, 0.15) is 0 Å². The summed E-state index contributed by atoms with van der Waals surface area (Å²) in [6.45, 7) is 4.31. The molecule has 0 atom stereocenters. The van der Waals surface area contributed by atoms with E-state index in [-0.39, 0.29) is 5.66 Å². The third-order valence-electron chi connectivity index (χ3n) is 5.76. The van der Waals surface area contributed by atoms with E-state index in [2.05, 4.69) is 102 Å². The molecule has 128 valence electrons. The lowest BCUT2D eigenvalue weighted by Gasteiger charge is -2.59. The molecule has 5 rings (SSSR count). The highest BCUT2D eigenvalue weighted by Crippen LogP contribution is 2.46. The molecular formula is C24H22N2. The molecule has 1 aliphatic heterocycles. The monoisotopic (exact) mass is 338 g/mol. The van der Waals surface area contributed by atoms with Gasteiger partial charge in [-0.2, -0.15) is 0 Å². The molecule has 0 unspecified atom stereocenters. The first-order valence-corrected chi connectivity index (χ1v) is 9.23. The van der Waals surface area contributed by atoms with Crippen LogP contribution in [-0.4, -0.2) is 10.9 Å². The van der Waals surface area contributed by atoms with Crippen LogP contribution in [0.15, 0.2) is 97.3 Å². The average molecular weight is 338 g/mol. The predicted molar refractivity (Wildman–Crippen MR) is 105 cm³/mol. The Kier molecular flexibility index (Phi) is 3.39. The van der Waals surface area contributed by atoms with Gasteiger partial charge in [0.25, 0.3) is 0 Å². The zero-order chi connectivity index (χ0) is 17.6. The van der Waals surface area contributed by atoms with E-state index >= 15 is 0 Å². The van der Waals surface area contributed by atoms with Crippen LogP contribution < -0.4 is 5.32 Å². The molecule has 1 fully saturated rings. The molecule has 0 spiro atoms. The average Bonchev–Trinajstić information content (AvgIpc) is 3.10. The molecule has 3 aromatic rings. The van der Waals surface area contributed by atoms with E-state index in [1.807, 2.05) is 0 Å². The molecule has 1 N–H and O–H groups in total. The van der Waals surface area contributed by atoms with E-state index in [1.54, 1.807) is 0 Å². The highest BCUT2D eigenvalue weighted by Gasteiger charge is 2.53. The lowest BCUT2D eigenvalue weighted by molar-refractivity contribution is -0.00197. The number of hydrogen-bond acceptors (Lipinski definition) is 2. The molecule has 0 radical (unpaired) electrons. The Morgan fingerprint density at radius 3 is 1.65 bits per heavy atom. The van der Waals surface area contributed by atoms with Crippen molar-refractivity contribution in [3.05, 3.63) is 120 Å². The van der Waals surface area contributed by atoms with Crippen LogP contribution in [0.1, 0.15) is 22.3 Å². The molecule has 2 heteroatoms. The second-order valence-corrected chi connectivity index (χ2v) is 7.21. The minimum Gasteiger partial charge on any atom is -0.342 e. The first-order valence-electron chi connectivity index (χ1n) is 9.23. The highest BCUT2D eigenvalue weighted by atomic mass is 15.5. The zero-order valence-electron chi connectivity index (χ0n) is 14.7. The van der Waals surface area contributed by atoms with E-state index in [4.69, 9.17) is 0 Å². The minimum absolute atomic E-state index is 0.341. The third-order valence-corrected chi connectivity index (χ3v) is 5.76. The van der Waals surface area contributed by atoms with Gasteiger partial charge in [0, 0.05) is 17.2 Å². The van der Waals surface area contributed by atoms with Gasteiger partial charge in [-0.05, 0) is 24.0 Å². The first-order chi connectivity index (χ1) is 12.8. The van der Waals surface area contributed by atoms with Crippen LogP contribution in [0, 0.1) is 0 Å². The summed E-state index contributed by atoms with van der Waals surface area (Å²) in [5.74, 6) is 1.01. The molecule has 0 saturated carbocycles. The molecule has 0 aromatic heterocycles. The van der Waals surface area contributed by atoms with Gasteiger partial charge in [-0.1, -0.05) is 91.5 Å². The van der Waals surface area contributed by atoms with Crippen molar-refractivity contribution in [1.82, 2.24) is 10.2 Å². The number of rotatable bonds is 3. The lowest BCUT2D eigenvalue weighted by Crippen LogP contribution is -2.71. The van der Waals surface area contributed by atoms with E-state index in [1.165, 1.54) is 22.3 Å². The normalized spacial score (nSPS) is 18.2. The van der Waals surface area contributed by atoms with Crippen molar-refractivity contribution >= 4 is 0 Å². The van der Waals surface area contributed by atoms with Gasteiger partial charge in [0.15, 0.2) is 5.66 Å². The fraction of sp³-hybridized carbons (Fsp3) is 0.167. The van der Waals surface area contributed by atoms with Crippen LogP contribution in [0.2, 0.25) is 0 Å². The summed E-state index contributed by atoms with van der Waals surface area (Å²) in [7, 11) is 0. The maximum Gasteiger partial charge on any atom is 0.166 e.